The Bertz CT molecular complexity index is 3740. The highest BCUT2D eigenvalue weighted by molar-refractivity contribution is 6.32. The van der Waals surface area contributed by atoms with E-state index in [0.29, 0.717) is 5.95 Å². The summed E-state index contributed by atoms with van der Waals surface area (Å²) in [6.45, 7) is 0. The van der Waals surface area contributed by atoms with E-state index < -0.39 is 0 Å². The Labute approximate surface area is 344 Å². The summed E-state index contributed by atoms with van der Waals surface area (Å²) in [6, 6.07) is 71.3. The minimum atomic E-state index is 0.602. The number of hydrogen-bond acceptors (Lipinski definition) is 3. The molecule has 0 fully saturated rings. The number of para-hydroxylation sites is 2. The fraction of sp³-hybridized carbons (Fsp3) is 0. The van der Waals surface area contributed by atoms with Crippen LogP contribution in [-0.2, 0) is 0 Å². The van der Waals surface area contributed by atoms with Crippen LogP contribution in [-0.4, -0.2) is 14.5 Å². The second-order valence-corrected chi connectivity index (χ2v) is 15.6. The van der Waals surface area contributed by atoms with E-state index in [9.17, 15) is 0 Å². The van der Waals surface area contributed by atoms with Crippen LogP contribution < -0.4 is 0 Å². The van der Waals surface area contributed by atoms with Gasteiger partial charge >= 0.3 is 0 Å². The highest BCUT2D eigenvalue weighted by Crippen LogP contribution is 2.47. The van der Waals surface area contributed by atoms with E-state index in [2.05, 4.69) is 199 Å². The van der Waals surface area contributed by atoms with Gasteiger partial charge in [-0.1, -0.05) is 170 Å². The summed E-state index contributed by atoms with van der Waals surface area (Å²) in [5, 5.41) is 12.6. The standard InChI is InChI=1S/C56H33N3O/c1-3-17-34(18-4-1)44-32-48-52(40-25-11-9-23-38(40)44)53-41-26-12-10-24-39(41)45(35-19-5-2-6-20-35)33-49(53)59(48)56-57-47-29-15-13-27-42(47)54(58-56)46-31-36-21-7-8-22-37(36)51-43-28-14-16-30-50(43)60-55(46)51/h1-33H. The Balaban J connectivity index is 1.23. The van der Waals surface area contributed by atoms with Crippen LogP contribution in [0.2, 0.25) is 0 Å². The first-order chi connectivity index (χ1) is 29.8. The van der Waals surface area contributed by atoms with Gasteiger partial charge in [-0.3, -0.25) is 4.57 Å². The molecule has 0 bridgehead atoms. The second-order valence-electron chi connectivity index (χ2n) is 15.6. The molecule has 4 heteroatoms. The number of fused-ring (bicyclic) bond motifs is 13. The van der Waals surface area contributed by atoms with Crippen molar-refractivity contribution in [1.82, 2.24) is 14.5 Å². The van der Waals surface area contributed by atoms with Gasteiger partial charge in [-0.2, -0.15) is 0 Å². The largest absolute Gasteiger partial charge is 0.455 e. The average molecular weight is 764 g/mol. The smallest absolute Gasteiger partial charge is 0.235 e. The van der Waals surface area contributed by atoms with Gasteiger partial charge < -0.3 is 4.42 Å². The second kappa shape index (κ2) is 12.7. The minimum Gasteiger partial charge on any atom is -0.455 e. The van der Waals surface area contributed by atoms with Crippen LogP contribution in [0.15, 0.2) is 205 Å². The van der Waals surface area contributed by atoms with E-state index in [1.807, 2.05) is 6.07 Å². The number of nitrogens with zero attached hydrogens (tertiary/aromatic N) is 3. The molecule has 0 radical (unpaired) electrons. The van der Waals surface area contributed by atoms with Crippen LogP contribution in [0, 0.1) is 0 Å². The summed E-state index contributed by atoms with van der Waals surface area (Å²) in [7, 11) is 0. The zero-order chi connectivity index (χ0) is 39.3. The zero-order valence-electron chi connectivity index (χ0n) is 32.3. The van der Waals surface area contributed by atoms with Gasteiger partial charge in [-0.25, -0.2) is 9.97 Å². The van der Waals surface area contributed by atoms with Crippen LogP contribution in [0.5, 0.6) is 0 Å². The highest BCUT2D eigenvalue weighted by atomic mass is 16.3. The Hall–Kier alpha value is -8.08. The van der Waals surface area contributed by atoms with Crippen molar-refractivity contribution in [2.24, 2.45) is 0 Å². The number of benzene rings is 10. The normalized spacial score (nSPS) is 12.0. The van der Waals surface area contributed by atoms with E-state index in [4.69, 9.17) is 14.4 Å². The van der Waals surface area contributed by atoms with Gasteiger partial charge in [-0.15, -0.1) is 0 Å². The van der Waals surface area contributed by atoms with E-state index in [1.54, 1.807) is 0 Å². The van der Waals surface area contributed by atoms with Crippen molar-refractivity contribution in [3.63, 3.8) is 0 Å². The minimum absolute atomic E-state index is 0.602. The summed E-state index contributed by atoms with van der Waals surface area (Å²) in [6.07, 6.45) is 0. The molecule has 10 aromatic carbocycles. The molecule has 0 atom stereocenters. The van der Waals surface area contributed by atoms with E-state index in [-0.39, 0.29) is 0 Å². The molecule has 60 heavy (non-hydrogen) atoms. The predicted octanol–water partition coefficient (Wildman–Crippen LogP) is 15.1. The molecule has 0 saturated carbocycles. The van der Waals surface area contributed by atoms with Gasteiger partial charge in [0.1, 0.15) is 11.2 Å². The van der Waals surface area contributed by atoms with Gasteiger partial charge in [0.2, 0.25) is 5.95 Å². The van der Waals surface area contributed by atoms with Crippen molar-refractivity contribution < 1.29 is 4.42 Å². The topological polar surface area (TPSA) is 43.9 Å². The lowest BCUT2D eigenvalue weighted by atomic mass is 9.92. The van der Waals surface area contributed by atoms with Crippen molar-refractivity contribution >= 4 is 87.0 Å². The average Bonchev–Trinajstić information content (AvgIpc) is 3.88. The van der Waals surface area contributed by atoms with Gasteiger partial charge in [0.25, 0.3) is 0 Å². The van der Waals surface area contributed by atoms with E-state index in [1.165, 1.54) is 32.3 Å². The molecule has 3 aromatic heterocycles. The molecule has 0 amide bonds. The van der Waals surface area contributed by atoms with Gasteiger partial charge in [-0.05, 0) is 84.9 Å². The lowest BCUT2D eigenvalue weighted by molar-refractivity contribution is 0.670. The Morgan fingerprint density at radius 2 is 0.867 bits per heavy atom. The SMILES string of the molecule is c1ccc(-c2cc3c(c4ccccc24)c2c4ccccc4c(-c4ccccc4)cc2n3-c2nc(-c3cc4ccccc4c4c3oc3ccccc34)c3ccccc3n2)cc1. The summed E-state index contributed by atoms with van der Waals surface area (Å²) in [5.74, 6) is 0.602. The first-order valence-corrected chi connectivity index (χ1v) is 20.4. The summed E-state index contributed by atoms with van der Waals surface area (Å²) in [4.78, 5) is 11.2. The molecule has 0 aliphatic rings. The van der Waals surface area contributed by atoms with Crippen molar-refractivity contribution in [2.75, 3.05) is 0 Å². The third-order valence-corrected chi connectivity index (χ3v) is 12.4. The molecule has 0 spiro atoms. The third kappa shape index (κ3) is 4.73. The molecule has 0 unspecified atom stereocenters. The van der Waals surface area contributed by atoms with Crippen molar-refractivity contribution in [3.8, 4) is 39.5 Å². The fourth-order valence-electron chi connectivity index (χ4n) is 9.78. The fourth-order valence-corrected chi connectivity index (χ4v) is 9.78. The lowest BCUT2D eigenvalue weighted by Gasteiger charge is -2.14. The maximum Gasteiger partial charge on any atom is 0.235 e. The van der Waals surface area contributed by atoms with Crippen LogP contribution in [0.25, 0.3) is 126 Å². The molecule has 3 heterocycles. The molecule has 278 valence electrons. The molecule has 0 aliphatic carbocycles. The maximum absolute atomic E-state index is 6.82. The third-order valence-electron chi connectivity index (χ3n) is 12.4. The van der Waals surface area contributed by atoms with Crippen LogP contribution in [0.3, 0.4) is 0 Å². The molecule has 0 saturated heterocycles. The van der Waals surface area contributed by atoms with Crippen molar-refractivity contribution in [1.29, 1.82) is 0 Å². The molecule has 13 rings (SSSR count). The molecule has 13 aromatic rings. The Morgan fingerprint density at radius 3 is 1.50 bits per heavy atom. The van der Waals surface area contributed by atoms with Gasteiger partial charge in [0.05, 0.1) is 22.2 Å². The maximum atomic E-state index is 6.82. The Morgan fingerprint density at radius 1 is 0.367 bits per heavy atom. The summed E-state index contributed by atoms with van der Waals surface area (Å²) < 4.78 is 9.14. The van der Waals surface area contributed by atoms with E-state index in [0.717, 1.165) is 88.2 Å². The Kier molecular flexibility index (Phi) is 6.98. The highest BCUT2D eigenvalue weighted by Gasteiger charge is 2.25. The number of furan rings is 1. The van der Waals surface area contributed by atoms with Gasteiger partial charge in [0.15, 0.2) is 0 Å². The van der Waals surface area contributed by atoms with Crippen molar-refractivity contribution in [3.05, 3.63) is 200 Å². The molecular formula is C56H33N3O. The molecule has 0 N–H and O–H groups in total. The summed E-state index contributed by atoms with van der Waals surface area (Å²) >= 11 is 0. The number of aromatic nitrogens is 3. The first kappa shape index (κ1) is 32.9. The molecular weight excluding hydrogens is 731 g/mol. The zero-order valence-corrected chi connectivity index (χ0v) is 32.3. The number of hydrogen-bond donors (Lipinski definition) is 0. The van der Waals surface area contributed by atoms with Crippen LogP contribution >= 0.6 is 0 Å². The molecule has 0 aliphatic heterocycles. The number of rotatable bonds is 4. The monoisotopic (exact) mass is 763 g/mol. The first-order valence-electron chi connectivity index (χ1n) is 20.4. The van der Waals surface area contributed by atoms with E-state index >= 15 is 0 Å². The quantitative estimate of drug-likeness (QED) is 0.179. The predicted molar refractivity (Wildman–Crippen MR) is 250 cm³/mol. The summed E-state index contributed by atoms with van der Waals surface area (Å²) in [5.41, 5.74) is 11.0. The van der Waals surface area contributed by atoms with Crippen LogP contribution in [0.1, 0.15) is 0 Å². The lowest BCUT2D eigenvalue weighted by Crippen LogP contribution is -2.04. The van der Waals surface area contributed by atoms with Gasteiger partial charge in [0, 0.05) is 32.5 Å². The van der Waals surface area contributed by atoms with Crippen LogP contribution in [0.4, 0.5) is 0 Å². The molecule has 4 nitrogen and oxygen atoms in total. The van der Waals surface area contributed by atoms with Crippen molar-refractivity contribution in [2.45, 2.75) is 0 Å².